The predicted molar refractivity (Wildman–Crippen MR) is 94.0 cm³/mol. The number of amides is 1. The van der Waals surface area contributed by atoms with Crippen LogP contribution < -0.4 is 5.32 Å². The third-order valence-electron chi connectivity index (χ3n) is 3.87. The average molecular weight is 380 g/mol. The highest BCUT2D eigenvalue weighted by Gasteiger charge is 2.58. The number of hydrogen-bond acceptors (Lipinski definition) is 4. The monoisotopic (exact) mass is 380 g/mol. The molecule has 136 valence electrons. The molecule has 0 saturated heterocycles. The quantitative estimate of drug-likeness (QED) is 0.706. The molecule has 0 bridgehead atoms. The molecule has 1 unspecified atom stereocenters. The number of para-hydroxylation sites is 1. The zero-order valence-electron chi connectivity index (χ0n) is 13.7. The minimum absolute atomic E-state index is 0.342. The number of aromatic nitrogens is 1. The third kappa shape index (κ3) is 3.56. The SMILES string of the molecule is Cc1ccc(NC(=O)CC(O)(c2nc3ccccc3s2)C(F)(F)F)cc1. The van der Waals surface area contributed by atoms with Gasteiger partial charge in [-0.2, -0.15) is 13.2 Å². The number of benzene rings is 2. The van der Waals surface area contributed by atoms with E-state index in [9.17, 15) is 23.1 Å². The largest absolute Gasteiger partial charge is 0.424 e. The van der Waals surface area contributed by atoms with E-state index in [-0.39, 0.29) is 0 Å². The molecule has 0 aliphatic rings. The van der Waals surface area contributed by atoms with Crippen LogP contribution in [0.2, 0.25) is 0 Å². The van der Waals surface area contributed by atoms with E-state index < -0.39 is 29.1 Å². The number of nitrogens with zero attached hydrogens (tertiary/aromatic N) is 1. The first kappa shape index (κ1) is 18.3. The lowest BCUT2D eigenvalue weighted by molar-refractivity contribution is -0.266. The predicted octanol–water partition coefficient (Wildman–Crippen LogP) is 4.38. The Balaban J connectivity index is 1.90. The minimum atomic E-state index is -5.05. The third-order valence-corrected chi connectivity index (χ3v) is 5.06. The van der Waals surface area contributed by atoms with Crippen LogP contribution in [0, 0.1) is 6.92 Å². The molecular formula is C18H15F3N2O2S. The van der Waals surface area contributed by atoms with E-state index in [4.69, 9.17) is 0 Å². The van der Waals surface area contributed by atoms with Crippen molar-refractivity contribution in [1.82, 2.24) is 4.98 Å². The number of nitrogens with one attached hydrogen (secondary N) is 1. The van der Waals surface area contributed by atoms with Gasteiger partial charge in [-0.25, -0.2) is 4.98 Å². The van der Waals surface area contributed by atoms with Gasteiger partial charge in [-0.1, -0.05) is 29.8 Å². The van der Waals surface area contributed by atoms with Gasteiger partial charge in [0.2, 0.25) is 11.5 Å². The second-order valence-corrected chi connectivity index (χ2v) is 6.97. The topological polar surface area (TPSA) is 62.2 Å². The number of anilines is 1. The molecular weight excluding hydrogens is 365 g/mol. The molecule has 0 radical (unpaired) electrons. The van der Waals surface area contributed by atoms with Crippen molar-refractivity contribution in [2.75, 3.05) is 5.32 Å². The van der Waals surface area contributed by atoms with Gasteiger partial charge in [0.1, 0.15) is 5.01 Å². The zero-order chi connectivity index (χ0) is 18.9. The summed E-state index contributed by atoms with van der Waals surface area (Å²) in [6, 6.07) is 13.1. The van der Waals surface area contributed by atoms with Gasteiger partial charge in [0.05, 0.1) is 16.6 Å². The van der Waals surface area contributed by atoms with Crippen LogP contribution in [0.3, 0.4) is 0 Å². The van der Waals surface area contributed by atoms with Crippen molar-refractivity contribution in [2.24, 2.45) is 0 Å². The summed E-state index contributed by atoms with van der Waals surface area (Å²) < 4.78 is 41.3. The first-order valence-corrected chi connectivity index (χ1v) is 8.52. The molecule has 2 N–H and O–H groups in total. The number of rotatable bonds is 4. The summed E-state index contributed by atoms with van der Waals surface area (Å²) in [7, 11) is 0. The molecule has 0 aliphatic heterocycles. The molecule has 1 aromatic heterocycles. The lowest BCUT2D eigenvalue weighted by atomic mass is 9.99. The van der Waals surface area contributed by atoms with Crippen molar-refractivity contribution >= 4 is 33.1 Å². The van der Waals surface area contributed by atoms with Crippen molar-refractivity contribution in [2.45, 2.75) is 25.1 Å². The van der Waals surface area contributed by atoms with Crippen LogP contribution in [0.4, 0.5) is 18.9 Å². The van der Waals surface area contributed by atoms with Gasteiger partial charge in [0.15, 0.2) is 0 Å². The Labute approximate surface area is 151 Å². The smallest absolute Gasteiger partial charge is 0.374 e. The number of thiazole rings is 1. The van der Waals surface area contributed by atoms with Gasteiger partial charge >= 0.3 is 6.18 Å². The molecule has 2 aromatic carbocycles. The standard InChI is InChI=1S/C18H15F3N2O2S/c1-11-6-8-12(9-7-11)22-15(24)10-17(25,18(19,20)21)16-23-13-4-2-3-5-14(13)26-16/h2-9,25H,10H2,1H3,(H,22,24). The van der Waals surface area contributed by atoms with E-state index >= 15 is 0 Å². The number of hydrogen-bond donors (Lipinski definition) is 2. The molecule has 0 spiro atoms. The van der Waals surface area contributed by atoms with Crippen LogP contribution in [-0.4, -0.2) is 22.2 Å². The summed E-state index contributed by atoms with van der Waals surface area (Å²) >= 11 is 0.720. The number of aryl methyl sites for hydroxylation is 1. The van der Waals surface area contributed by atoms with Crippen LogP contribution in [0.5, 0.6) is 0 Å². The van der Waals surface area contributed by atoms with Crippen LogP contribution in [0.15, 0.2) is 48.5 Å². The zero-order valence-corrected chi connectivity index (χ0v) is 14.5. The maximum atomic E-state index is 13.6. The van der Waals surface area contributed by atoms with E-state index in [0.29, 0.717) is 15.9 Å². The fourth-order valence-corrected chi connectivity index (χ4v) is 3.49. The van der Waals surface area contributed by atoms with Gasteiger partial charge in [-0.15, -0.1) is 11.3 Å². The Morgan fingerprint density at radius 2 is 1.81 bits per heavy atom. The van der Waals surface area contributed by atoms with E-state index in [1.807, 2.05) is 6.92 Å². The fourth-order valence-electron chi connectivity index (χ4n) is 2.42. The van der Waals surface area contributed by atoms with Gasteiger partial charge in [0, 0.05) is 5.69 Å². The summed E-state index contributed by atoms with van der Waals surface area (Å²) in [4.78, 5) is 16.0. The molecule has 26 heavy (non-hydrogen) atoms. The Morgan fingerprint density at radius 1 is 1.15 bits per heavy atom. The maximum Gasteiger partial charge on any atom is 0.424 e. The maximum absolute atomic E-state index is 13.6. The van der Waals surface area contributed by atoms with Crippen molar-refractivity contribution in [3.63, 3.8) is 0 Å². The molecule has 1 heterocycles. The summed E-state index contributed by atoms with van der Waals surface area (Å²) in [6.07, 6.45) is -6.23. The van der Waals surface area contributed by atoms with E-state index in [1.54, 1.807) is 48.5 Å². The second-order valence-electron chi connectivity index (χ2n) is 5.94. The summed E-state index contributed by atoms with van der Waals surface area (Å²) in [5.41, 5.74) is -1.71. The molecule has 4 nitrogen and oxygen atoms in total. The summed E-state index contributed by atoms with van der Waals surface area (Å²) in [5, 5.41) is 12.2. The fraction of sp³-hybridized carbons (Fsp3) is 0.222. The summed E-state index contributed by atoms with van der Waals surface area (Å²) in [6.45, 7) is 1.85. The number of carbonyl (C=O) groups excluding carboxylic acids is 1. The lowest BCUT2D eigenvalue weighted by Crippen LogP contribution is -2.45. The summed E-state index contributed by atoms with van der Waals surface area (Å²) in [5.74, 6) is -0.951. The van der Waals surface area contributed by atoms with Gasteiger partial charge < -0.3 is 10.4 Å². The number of alkyl halides is 3. The highest BCUT2D eigenvalue weighted by molar-refractivity contribution is 7.18. The molecule has 1 atom stereocenters. The van der Waals surface area contributed by atoms with Gasteiger partial charge in [-0.05, 0) is 31.2 Å². The number of aliphatic hydroxyl groups is 1. The highest BCUT2D eigenvalue weighted by atomic mass is 32.1. The molecule has 3 rings (SSSR count). The van der Waals surface area contributed by atoms with Crippen molar-refractivity contribution in [3.05, 3.63) is 59.1 Å². The molecule has 8 heteroatoms. The van der Waals surface area contributed by atoms with Gasteiger partial charge in [0.25, 0.3) is 0 Å². The Morgan fingerprint density at radius 3 is 2.42 bits per heavy atom. The number of carbonyl (C=O) groups is 1. The Bertz CT molecular complexity index is 905. The van der Waals surface area contributed by atoms with Crippen LogP contribution in [0.1, 0.15) is 17.0 Å². The number of halogens is 3. The molecule has 0 saturated carbocycles. The highest BCUT2D eigenvalue weighted by Crippen LogP contribution is 2.44. The van der Waals surface area contributed by atoms with Crippen molar-refractivity contribution in [1.29, 1.82) is 0 Å². The van der Waals surface area contributed by atoms with Gasteiger partial charge in [-0.3, -0.25) is 4.79 Å². The molecule has 3 aromatic rings. The van der Waals surface area contributed by atoms with Crippen LogP contribution >= 0.6 is 11.3 Å². The Kier molecular flexibility index (Phi) is 4.72. The second kappa shape index (κ2) is 6.69. The van der Waals surface area contributed by atoms with Crippen LogP contribution in [0.25, 0.3) is 10.2 Å². The first-order valence-electron chi connectivity index (χ1n) is 7.71. The minimum Gasteiger partial charge on any atom is -0.374 e. The Hall–Kier alpha value is -2.45. The average Bonchev–Trinajstić information content (AvgIpc) is 3.00. The molecule has 0 aliphatic carbocycles. The van der Waals surface area contributed by atoms with E-state index in [2.05, 4.69) is 10.3 Å². The molecule has 1 amide bonds. The molecule has 0 fully saturated rings. The number of fused-ring (bicyclic) bond motifs is 1. The van der Waals surface area contributed by atoms with E-state index in [0.717, 1.165) is 16.9 Å². The van der Waals surface area contributed by atoms with Crippen molar-refractivity contribution < 1.29 is 23.1 Å². The van der Waals surface area contributed by atoms with Crippen LogP contribution in [-0.2, 0) is 10.4 Å². The normalized spacial score (nSPS) is 14.2. The first-order chi connectivity index (χ1) is 12.2. The van der Waals surface area contributed by atoms with E-state index in [1.165, 1.54) is 0 Å². The lowest BCUT2D eigenvalue weighted by Gasteiger charge is -2.27. The van der Waals surface area contributed by atoms with Crippen molar-refractivity contribution in [3.8, 4) is 0 Å².